The minimum Gasteiger partial charge on any atom is -0.399 e. The zero-order valence-corrected chi connectivity index (χ0v) is 19.2. The summed E-state index contributed by atoms with van der Waals surface area (Å²) in [7, 11) is -0.936. The fourth-order valence-electron chi connectivity index (χ4n) is 3.29. The van der Waals surface area contributed by atoms with Gasteiger partial charge in [-0.05, 0) is 65.6 Å². The second-order valence-corrected chi connectivity index (χ2v) is 9.81. The fraction of sp³-hybridized carbons (Fsp3) is 0.571. The van der Waals surface area contributed by atoms with E-state index in [4.69, 9.17) is 13.8 Å². The number of nitrogens with zero attached hydrogens (tertiary/aromatic N) is 3. The molecule has 174 valence electrons. The van der Waals surface area contributed by atoms with Crippen LogP contribution in [0.25, 0.3) is 0 Å². The second-order valence-electron chi connectivity index (χ2n) is 9.81. The average molecular weight is 453 g/mol. The SMILES string of the molecule is CC(C)(C)N(Cc1ccc(B2OC(C)(C)C(C)(C)O2)cc1C(F)(F)F)C(=O)c1ncno1. The summed E-state index contributed by atoms with van der Waals surface area (Å²) < 4.78 is 58.7. The van der Waals surface area contributed by atoms with Crippen LogP contribution >= 0.6 is 0 Å². The van der Waals surface area contributed by atoms with Crippen LogP contribution in [0.1, 0.15) is 70.3 Å². The van der Waals surface area contributed by atoms with Gasteiger partial charge in [-0.2, -0.15) is 18.2 Å². The van der Waals surface area contributed by atoms with Gasteiger partial charge in [0.15, 0.2) is 6.33 Å². The summed E-state index contributed by atoms with van der Waals surface area (Å²) >= 11 is 0. The summed E-state index contributed by atoms with van der Waals surface area (Å²) in [5.41, 5.74) is -2.86. The van der Waals surface area contributed by atoms with Gasteiger partial charge in [0, 0.05) is 12.1 Å². The lowest BCUT2D eigenvalue weighted by Gasteiger charge is -2.35. The highest BCUT2D eigenvalue weighted by Crippen LogP contribution is 2.38. The summed E-state index contributed by atoms with van der Waals surface area (Å²) in [4.78, 5) is 17.8. The van der Waals surface area contributed by atoms with E-state index in [0.29, 0.717) is 0 Å². The summed E-state index contributed by atoms with van der Waals surface area (Å²) in [6.07, 6.45) is -3.58. The maximum Gasteiger partial charge on any atom is 0.494 e. The van der Waals surface area contributed by atoms with Crippen molar-refractivity contribution < 1.29 is 31.8 Å². The van der Waals surface area contributed by atoms with Gasteiger partial charge in [-0.25, -0.2) is 0 Å². The predicted octanol–water partition coefficient (Wildman–Crippen LogP) is 3.83. The lowest BCUT2D eigenvalue weighted by molar-refractivity contribution is -0.138. The van der Waals surface area contributed by atoms with Gasteiger partial charge >= 0.3 is 25.1 Å². The number of amides is 1. The Labute approximate surface area is 185 Å². The summed E-state index contributed by atoms with van der Waals surface area (Å²) in [6.45, 7) is 12.2. The molecule has 3 rings (SSSR count). The molecule has 1 aliphatic rings. The van der Waals surface area contributed by atoms with Gasteiger partial charge in [0.2, 0.25) is 0 Å². The van der Waals surface area contributed by atoms with Gasteiger partial charge < -0.3 is 18.7 Å². The number of aromatic nitrogens is 2. The number of hydrogen-bond acceptors (Lipinski definition) is 6. The molecule has 32 heavy (non-hydrogen) atoms. The molecule has 1 aromatic carbocycles. The molecule has 1 fully saturated rings. The largest absolute Gasteiger partial charge is 0.494 e. The fourth-order valence-corrected chi connectivity index (χ4v) is 3.29. The highest BCUT2D eigenvalue weighted by molar-refractivity contribution is 6.62. The van der Waals surface area contributed by atoms with Crippen molar-refractivity contribution in [2.45, 2.75) is 77.9 Å². The zero-order chi connectivity index (χ0) is 24.1. The number of hydrogen-bond donors (Lipinski definition) is 0. The molecule has 1 aromatic heterocycles. The first-order chi connectivity index (χ1) is 14.5. The van der Waals surface area contributed by atoms with E-state index in [-0.39, 0.29) is 23.5 Å². The molecule has 0 N–H and O–H groups in total. The number of carbonyl (C=O) groups excluding carboxylic acids is 1. The van der Waals surface area contributed by atoms with Gasteiger partial charge in [-0.3, -0.25) is 4.79 Å². The standard InChI is InChI=1S/C21H27BF3N3O4/c1-18(2,3)28(17(29)16-26-12-27-30-16)11-13-8-9-14(10-15(13)21(23,24)25)22-31-19(4,5)20(6,7)32-22/h8-10,12H,11H2,1-7H3. The first-order valence-corrected chi connectivity index (χ1v) is 10.2. The predicted molar refractivity (Wildman–Crippen MR) is 111 cm³/mol. The van der Waals surface area contributed by atoms with Crippen molar-refractivity contribution in [1.29, 1.82) is 0 Å². The first kappa shape index (κ1) is 24.3. The van der Waals surface area contributed by atoms with Crippen LogP contribution in [0, 0.1) is 0 Å². The lowest BCUT2D eigenvalue weighted by Crippen LogP contribution is -2.45. The topological polar surface area (TPSA) is 77.7 Å². The molecule has 0 spiro atoms. The highest BCUT2D eigenvalue weighted by atomic mass is 19.4. The average Bonchev–Trinajstić information content (AvgIpc) is 3.24. The van der Waals surface area contributed by atoms with E-state index in [2.05, 4.69) is 10.1 Å². The zero-order valence-electron chi connectivity index (χ0n) is 19.2. The molecule has 0 saturated carbocycles. The maximum absolute atomic E-state index is 14.0. The lowest BCUT2D eigenvalue weighted by atomic mass is 9.77. The van der Waals surface area contributed by atoms with Crippen molar-refractivity contribution in [3.8, 4) is 0 Å². The Bertz CT molecular complexity index is 969. The minimum atomic E-state index is -4.65. The molecule has 1 amide bonds. The molecule has 0 atom stereocenters. The maximum atomic E-state index is 14.0. The Morgan fingerprint density at radius 2 is 1.69 bits per heavy atom. The van der Waals surface area contributed by atoms with Crippen LogP contribution in [0.2, 0.25) is 0 Å². The second kappa shape index (κ2) is 7.88. The van der Waals surface area contributed by atoms with E-state index in [1.54, 1.807) is 20.8 Å². The monoisotopic (exact) mass is 453 g/mol. The number of halogens is 3. The van der Waals surface area contributed by atoms with Crippen molar-refractivity contribution in [2.75, 3.05) is 0 Å². The van der Waals surface area contributed by atoms with Gasteiger partial charge in [-0.1, -0.05) is 17.3 Å². The smallest absolute Gasteiger partial charge is 0.399 e. The van der Waals surface area contributed by atoms with E-state index >= 15 is 0 Å². The van der Waals surface area contributed by atoms with Crippen LogP contribution in [0.15, 0.2) is 29.0 Å². The quantitative estimate of drug-likeness (QED) is 0.655. The van der Waals surface area contributed by atoms with E-state index in [9.17, 15) is 18.0 Å². The van der Waals surface area contributed by atoms with Crippen LogP contribution in [0.5, 0.6) is 0 Å². The number of rotatable bonds is 4. The first-order valence-electron chi connectivity index (χ1n) is 10.2. The van der Waals surface area contributed by atoms with Crippen LogP contribution in [-0.2, 0) is 22.0 Å². The van der Waals surface area contributed by atoms with Crippen molar-refractivity contribution in [3.63, 3.8) is 0 Å². The molecular weight excluding hydrogens is 426 g/mol. The number of carbonyl (C=O) groups is 1. The van der Waals surface area contributed by atoms with E-state index in [1.807, 2.05) is 27.7 Å². The van der Waals surface area contributed by atoms with E-state index < -0.39 is 41.5 Å². The molecule has 2 aromatic rings. The molecule has 11 heteroatoms. The molecule has 1 aliphatic heterocycles. The van der Waals surface area contributed by atoms with Crippen molar-refractivity contribution in [1.82, 2.24) is 15.0 Å². The molecule has 7 nitrogen and oxygen atoms in total. The molecule has 2 heterocycles. The Kier molecular flexibility index (Phi) is 5.97. The van der Waals surface area contributed by atoms with Gasteiger partial charge in [0.25, 0.3) is 0 Å². The van der Waals surface area contributed by atoms with E-state index in [0.717, 1.165) is 12.4 Å². The Morgan fingerprint density at radius 1 is 1.09 bits per heavy atom. The van der Waals surface area contributed by atoms with E-state index in [1.165, 1.54) is 17.0 Å². The van der Waals surface area contributed by atoms with Crippen LogP contribution in [0.4, 0.5) is 13.2 Å². The molecule has 0 aliphatic carbocycles. The highest BCUT2D eigenvalue weighted by Gasteiger charge is 2.52. The molecule has 0 bridgehead atoms. The summed E-state index contributed by atoms with van der Waals surface area (Å²) in [5.74, 6) is -0.944. The summed E-state index contributed by atoms with van der Waals surface area (Å²) in [6, 6.07) is 3.91. The summed E-state index contributed by atoms with van der Waals surface area (Å²) in [5, 5.41) is 3.41. The van der Waals surface area contributed by atoms with Crippen LogP contribution in [0.3, 0.4) is 0 Å². The minimum absolute atomic E-state index is 0.0689. The third-order valence-corrected chi connectivity index (χ3v) is 5.89. The van der Waals surface area contributed by atoms with Crippen molar-refractivity contribution in [3.05, 3.63) is 41.5 Å². The molecule has 0 unspecified atom stereocenters. The van der Waals surface area contributed by atoms with Gasteiger partial charge in [-0.15, -0.1) is 0 Å². The van der Waals surface area contributed by atoms with Crippen LogP contribution < -0.4 is 5.46 Å². The Morgan fingerprint density at radius 3 is 2.16 bits per heavy atom. The number of benzene rings is 1. The molecule has 0 radical (unpaired) electrons. The van der Waals surface area contributed by atoms with Crippen molar-refractivity contribution in [2.24, 2.45) is 0 Å². The Balaban J connectivity index is 1.98. The number of alkyl halides is 3. The third-order valence-electron chi connectivity index (χ3n) is 5.89. The molecular formula is C21H27BF3N3O4. The Hall–Kier alpha value is -2.40. The van der Waals surface area contributed by atoms with Gasteiger partial charge in [0.05, 0.1) is 16.8 Å². The van der Waals surface area contributed by atoms with Crippen LogP contribution in [-0.4, -0.2) is 44.8 Å². The third kappa shape index (κ3) is 4.68. The van der Waals surface area contributed by atoms with Crippen molar-refractivity contribution >= 4 is 18.5 Å². The van der Waals surface area contributed by atoms with Gasteiger partial charge in [0.1, 0.15) is 0 Å². The molecule has 1 saturated heterocycles. The normalized spacial score (nSPS) is 18.1.